The normalized spacial score (nSPS) is 15.7. The maximum Gasteiger partial charge on any atom is 0.241 e. The Kier molecular flexibility index (Phi) is 5.60. The van der Waals surface area contributed by atoms with Crippen LogP contribution in [0.25, 0.3) is 0 Å². The maximum atomic E-state index is 12.3. The van der Waals surface area contributed by atoms with E-state index in [1.54, 1.807) is 17.4 Å². The van der Waals surface area contributed by atoms with Crippen LogP contribution in [0.1, 0.15) is 42.4 Å². The summed E-state index contributed by atoms with van der Waals surface area (Å²) in [6.45, 7) is 6.09. The van der Waals surface area contributed by atoms with Crippen molar-refractivity contribution in [1.29, 1.82) is 0 Å². The van der Waals surface area contributed by atoms with Gasteiger partial charge in [0.2, 0.25) is 10.0 Å². The van der Waals surface area contributed by atoms with Gasteiger partial charge in [0.15, 0.2) is 0 Å². The van der Waals surface area contributed by atoms with Crippen molar-refractivity contribution in [3.05, 3.63) is 15.8 Å². The summed E-state index contributed by atoms with van der Waals surface area (Å²) in [4.78, 5) is 2.39. The van der Waals surface area contributed by atoms with Gasteiger partial charge in [-0.15, -0.1) is 11.3 Å². The van der Waals surface area contributed by atoms with E-state index in [2.05, 4.69) is 10.0 Å². The number of rotatable bonds is 9. The van der Waals surface area contributed by atoms with Gasteiger partial charge in [0.1, 0.15) is 0 Å². The van der Waals surface area contributed by atoms with Crippen LogP contribution in [0.2, 0.25) is 0 Å². The van der Waals surface area contributed by atoms with Crippen LogP contribution in [0.5, 0.6) is 0 Å². The van der Waals surface area contributed by atoms with Crippen LogP contribution < -0.4 is 10.0 Å². The molecule has 1 aromatic heterocycles. The van der Waals surface area contributed by atoms with E-state index in [1.165, 1.54) is 12.8 Å². The van der Waals surface area contributed by atoms with Gasteiger partial charge < -0.3 is 5.32 Å². The van der Waals surface area contributed by atoms with Crippen molar-refractivity contribution in [2.24, 2.45) is 5.92 Å². The molecule has 0 radical (unpaired) electrons. The number of nitrogens with one attached hydrogen (secondary N) is 2. The Morgan fingerprint density at radius 1 is 1.40 bits per heavy atom. The minimum Gasteiger partial charge on any atom is -0.312 e. The first-order valence-corrected chi connectivity index (χ1v) is 9.62. The molecule has 6 heteroatoms. The predicted molar refractivity (Wildman–Crippen MR) is 83.6 cm³/mol. The lowest BCUT2D eigenvalue weighted by molar-refractivity contribution is 0.572. The Labute approximate surface area is 126 Å². The van der Waals surface area contributed by atoms with Crippen LogP contribution in [0.15, 0.2) is 11.0 Å². The van der Waals surface area contributed by atoms with E-state index in [9.17, 15) is 8.42 Å². The molecule has 1 aromatic rings. The lowest BCUT2D eigenvalue weighted by Crippen LogP contribution is -2.25. The summed E-state index contributed by atoms with van der Waals surface area (Å²) in [5, 5.41) is 3.22. The van der Waals surface area contributed by atoms with E-state index >= 15 is 0 Å². The van der Waals surface area contributed by atoms with E-state index in [4.69, 9.17) is 0 Å². The van der Waals surface area contributed by atoms with Crippen molar-refractivity contribution < 1.29 is 8.42 Å². The zero-order valence-electron chi connectivity index (χ0n) is 12.2. The molecule has 0 amide bonds. The monoisotopic (exact) mass is 316 g/mol. The fourth-order valence-corrected chi connectivity index (χ4v) is 4.88. The van der Waals surface area contributed by atoms with E-state index in [0.717, 1.165) is 41.6 Å². The zero-order chi connectivity index (χ0) is 14.6. The lowest BCUT2D eigenvalue weighted by atomic mass is 10.2. The van der Waals surface area contributed by atoms with Gasteiger partial charge in [0, 0.05) is 22.8 Å². The SMILES string of the molecule is CCNCc1cc(S(=O)(=O)NCCCC2CC2)c(C)s1. The van der Waals surface area contributed by atoms with Crippen molar-refractivity contribution in [1.82, 2.24) is 10.0 Å². The Hall–Kier alpha value is -0.430. The van der Waals surface area contributed by atoms with Gasteiger partial charge in [-0.05, 0) is 38.3 Å². The third-order valence-electron chi connectivity index (χ3n) is 3.54. The van der Waals surface area contributed by atoms with Crippen LogP contribution in [-0.2, 0) is 16.6 Å². The minimum absolute atomic E-state index is 0.446. The van der Waals surface area contributed by atoms with Crippen LogP contribution in [0.3, 0.4) is 0 Å². The summed E-state index contributed by atoms with van der Waals surface area (Å²) in [6.07, 6.45) is 4.74. The molecule has 2 rings (SSSR count). The molecule has 1 aliphatic carbocycles. The molecule has 1 saturated carbocycles. The molecule has 1 heterocycles. The molecular formula is C14H24N2O2S2. The fourth-order valence-electron chi connectivity index (χ4n) is 2.21. The third kappa shape index (κ3) is 4.55. The smallest absolute Gasteiger partial charge is 0.241 e. The third-order valence-corrected chi connectivity index (χ3v) is 6.31. The molecule has 0 unspecified atom stereocenters. The molecular weight excluding hydrogens is 292 g/mol. The van der Waals surface area contributed by atoms with Crippen molar-refractivity contribution in [3.63, 3.8) is 0 Å². The first-order chi connectivity index (χ1) is 9.53. The summed E-state index contributed by atoms with van der Waals surface area (Å²) < 4.78 is 27.3. The highest BCUT2D eigenvalue weighted by Crippen LogP contribution is 2.33. The van der Waals surface area contributed by atoms with Gasteiger partial charge >= 0.3 is 0 Å². The largest absolute Gasteiger partial charge is 0.312 e. The summed E-state index contributed by atoms with van der Waals surface area (Å²) in [5.74, 6) is 0.856. The molecule has 2 N–H and O–H groups in total. The molecule has 20 heavy (non-hydrogen) atoms. The highest BCUT2D eigenvalue weighted by Gasteiger charge is 2.22. The second-order valence-electron chi connectivity index (χ2n) is 5.40. The number of hydrogen-bond acceptors (Lipinski definition) is 4. The first-order valence-electron chi connectivity index (χ1n) is 7.32. The molecule has 0 spiro atoms. The molecule has 114 valence electrons. The number of aryl methyl sites for hydroxylation is 1. The van der Waals surface area contributed by atoms with Gasteiger partial charge in [0.25, 0.3) is 0 Å². The number of hydrogen-bond donors (Lipinski definition) is 2. The highest BCUT2D eigenvalue weighted by atomic mass is 32.2. The minimum atomic E-state index is -3.34. The average Bonchev–Trinajstić information content (AvgIpc) is 3.14. The van der Waals surface area contributed by atoms with Crippen molar-refractivity contribution >= 4 is 21.4 Å². The average molecular weight is 316 g/mol. The van der Waals surface area contributed by atoms with Crippen molar-refractivity contribution in [2.75, 3.05) is 13.1 Å². The summed E-state index contributed by atoms with van der Waals surface area (Å²) >= 11 is 1.55. The van der Waals surface area contributed by atoms with Gasteiger partial charge in [-0.25, -0.2) is 13.1 Å². The van der Waals surface area contributed by atoms with E-state index in [-0.39, 0.29) is 0 Å². The standard InChI is InChI=1S/C14H24N2O2S2/c1-3-15-10-13-9-14(11(2)19-13)20(17,18)16-8-4-5-12-6-7-12/h9,12,15-16H,3-8,10H2,1-2H3. The van der Waals surface area contributed by atoms with E-state index < -0.39 is 10.0 Å². The van der Waals surface area contributed by atoms with Gasteiger partial charge in [-0.1, -0.05) is 19.8 Å². The van der Waals surface area contributed by atoms with Crippen LogP contribution in [0.4, 0.5) is 0 Å². The highest BCUT2D eigenvalue weighted by molar-refractivity contribution is 7.89. The van der Waals surface area contributed by atoms with E-state index in [1.807, 2.05) is 13.8 Å². The molecule has 0 aromatic carbocycles. The molecule has 4 nitrogen and oxygen atoms in total. The van der Waals surface area contributed by atoms with Crippen LogP contribution >= 0.6 is 11.3 Å². The van der Waals surface area contributed by atoms with Gasteiger partial charge in [-0.3, -0.25) is 0 Å². The molecule has 1 fully saturated rings. The second kappa shape index (κ2) is 7.02. The quantitative estimate of drug-likeness (QED) is 0.689. The predicted octanol–water partition coefficient (Wildman–Crippen LogP) is 2.63. The molecule has 0 saturated heterocycles. The van der Waals surface area contributed by atoms with Crippen LogP contribution in [-0.4, -0.2) is 21.5 Å². The topological polar surface area (TPSA) is 58.2 Å². The summed E-state index contributed by atoms with van der Waals surface area (Å²) in [5.41, 5.74) is 0. The fraction of sp³-hybridized carbons (Fsp3) is 0.714. The summed E-state index contributed by atoms with van der Waals surface area (Å²) in [6, 6.07) is 1.80. The van der Waals surface area contributed by atoms with Crippen molar-refractivity contribution in [2.45, 2.75) is 51.0 Å². The number of thiophene rings is 1. The lowest BCUT2D eigenvalue weighted by Gasteiger charge is -2.05. The van der Waals surface area contributed by atoms with Crippen LogP contribution in [0, 0.1) is 12.8 Å². The maximum absolute atomic E-state index is 12.3. The van der Waals surface area contributed by atoms with E-state index in [0.29, 0.717) is 11.4 Å². The van der Waals surface area contributed by atoms with Gasteiger partial charge in [0.05, 0.1) is 4.90 Å². The second-order valence-corrected chi connectivity index (χ2v) is 8.47. The molecule has 0 aliphatic heterocycles. The van der Waals surface area contributed by atoms with Crippen molar-refractivity contribution in [3.8, 4) is 0 Å². The van der Waals surface area contributed by atoms with Gasteiger partial charge in [-0.2, -0.15) is 0 Å². The first kappa shape index (κ1) is 15.9. The molecule has 0 bridgehead atoms. The summed E-state index contributed by atoms with van der Waals surface area (Å²) in [7, 11) is -3.34. The Balaban J connectivity index is 1.91. The Bertz CT molecular complexity index is 533. The zero-order valence-corrected chi connectivity index (χ0v) is 13.9. The Morgan fingerprint density at radius 2 is 2.15 bits per heavy atom. The molecule has 1 aliphatic rings. The molecule has 0 atom stereocenters. The Morgan fingerprint density at radius 3 is 2.80 bits per heavy atom. The number of sulfonamides is 1.